The van der Waals surface area contributed by atoms with Crippen molar-refractivity contribution in [2.75, 3.05) is 26.3 Å². The number of carbonyl (C=O) groups is 1. The third-order valence-corrected chi connectivity index (χ3v) is 3.67. The van der Waals surface area contributed by atoms with Crippen LogP contribution < -0.4 is 11.1 Å². The van der Waals surface area contributed by atoms with Gasteiger partial charge in [-0.05, 0) is 26.7 Å². The molecule has 5 heteroatoms. The molecule has 0 aliphatic carbocycles. The molecule has 2 atom stereocenters. The standard InChI is InChI=1S/C12H25N3O2/c1-4-12(3,9-13)15(5-2)11(16)14-10-6-7-17-8-10/h10H,4-9,13H2,1-3H3,(H,14,16). The van der Waals surface area contributed by atoms with Crippen molar-refractivity contribution in [2.24, 2.45) is 5.73 Å². The van der Waals surface area contributed by atoms with Gasteiger partial charge in [0, 0.05) is 19.7 Å². The third-order valence-electron chi connectivity index (χ3n) is 3.67. The summed E-state index contributed by atoms with van der Waals surface area (Å²) >= 11 is 0. The molecule has 3 N–H and O–H groups in total. The van der Waals surface area contributed by atoms with Crippen LogP contribution in [-0.2, 0) is 4.74 Å². The molecule has 100 valence electrons. The minimum Gasteiger partial charge on any atom is -0.379 e. The number of nitrogens with zero attached hydrogens (tertiary/aromatic N) is 1. The highest BCUT2D eigenvalue weighted by atomic mass is 16.5. The van der Waals surface area contributed by atoms with Crippen LogP contribution in [0.5, 0.6) is 0 Å². The quantitative estimate of drug-likeness (QED) is 0.755. The second kappa shape index (κ2) is 6.21. The van der Waals surface area contributed by atoms with Gasteiger partial charge < -0.3 is 20.7 Å². The van der Waals surface area contributed by atoms with Crippen molar-refractivity contribution in [1.82, 2.24) is 10.2 Å². The molecule has 0 radical (unpaired) electrons. The maximum atomic E-state index is 12.2. The van der Waals surface area contributed by atoms with Crippen molar-refractivity contribution in [3.05, 3.63) is 0 Å². The van der Waals surface area contributed by atoms with E-state index in [0.717, 1.165) is 19.4 Å². The topological polar surface area (TPSA) is 67.6 Å². The van der Waals surface area contributed by atoms with Gasteiger partial charge in [0.25, 0.3) is 0 Å². The minimum atomic E-state index is -0.266. The number of carbonyl (C=O) groups excluding carboxylic acids is 1. The number of hydrogen-bond donors (Lipinski definition) is 2. The molecule has 1 heterocycles. The summed E-state index contributed by atoms with van der Waals surface area (Å²) in [7, 11) is 0. The second-order valence-corrected chi connectivity index (χ2v) is 4.81. The van der Waals surface area contributed by atoms with Gasteiger partial charge in [-0.15, -0.1) is 0 Å². The largest absolute Gasteiger partial charge is 0.379 e. The van der Waals surface area contributed by atoms with Gasteiger partial charge in [-0.3, -0.25) is 0 Å². The molecule has 0 saturated carbocycles. The zero-order valence-corrected chi connectivity index (χ0v) is 11.2. The van der Waals surface area contributed by atoms with Crippen LogP contribution in [0, 0.1) is 0 Å². The number of rotatable bonds is 5. The highest BCUT2D eigenvalue weighted by Gasteiger charge is 2.32. The number of hydrogen-bond acceptors (Lipinski definition) is 3. The molecule has 17 heavy (non-hydrogen) atoms. The first-order chi connectivity index (χ1) is 8.07. The summed E-state index contributed by atoms with van der Waals surface area (Å²) in [4.78, 5) is 14.0. The number of nitrogens with two attached hydrogens (primary N) is 1. The molecule has 0 aromatic carbocycles. The van der Waals surface area contributed by atoms with E-state index in [2.05, 4.69) is 12.2 Å². The van der Waals surface area contributed by atoms with Gasteiger partial charge in [-0.25, -0.2) is 4.79 Å². The summed E-state index contributed by atoms with van der Waals surface area (Å²) in [5, 5.41) is 3.01. The molecule has 1 aliphatic heterocycles. The average molecular weight is 243 g/mol. The van der Waals surface area contributed by atoms with Crippen LogP contribution in [0.4, 0.5) is 4.79 Å². The first-order valence-corrected chi connectivity index (χ1v) is 6.43. The Labute approximate surface area is 104 Å². The van der Waals surface area contributed by atoms with Gasteiger partial charge in [-0.1, -0.05) is 6.92 Å². The molecule has 1 fully saturated rings. The second-order valence-electron chi connectivity index (χ2n) is 4.81. The predicted molar refractivity (Wildman–Crippen MR) is 67.9 cm³/mol. The molecule has 5 nitrogen and oxygen atoms in total. The van der Waals surface area contributed by atoms with Gasteiger partial charge in [0.15, 0.2) is 0 Å². The Morgan fingerprint density at radius 3 is 2.71 bits per heavy atom. The molecule has 1 rings (SSSR count). The Morgan fingerprint density at radius 1 is 1.59 bits per heavy atom. The normalized spacial score (nSPS) is 23.2. The van der Waals surface area contributed by atoms with E-state index in [1.54, 1.807) is 0 Å². The van der Waals surface area contributed by atoms with E-state index in [-0.39, 0.29) is 17.6 Å². The van der Waals surface area contributed by atoms with Crippen LogP contribution in [0.25, 0.3) is 0 Å². The summed E-state index contributed by atoms with van der Waals surface area (Å²) < 4.78 is 5.25. The Bertz CT molecular complexity index is 248. The van der Waals surface area contributed by atoms with Crippen molar-refractivity contribution in [2.45, 2.75) is 45.2 Å². The Morgan fingerprint density at radius 2 is 2.29 bits per heavy atom. The van der Waals surface area contributed by atoms with Crippen LogP contribution in [0.15, 0.2) is 0 Å². The smallest absolute Gasteiger partial charge is 0.318 e. The fourth-order valence-electron chi connectivity index (χ4n) is 2.12. The van der Waals surface area contributed by atoms with E-state index < -0.39 is 0 Å². The van der Waals surface area contributed by atoms with Gasteiger partial charge in [0.05, 0.1) is 18.2 Å². The van der Waals surface area contributed by atoms with Crippen LogP contribution in [0.2, 0.25) is 0 Å². The molecule has 2 unspecified atom stereocenters. The van der Waals surface area contributed by atoms with E-state index >= 15 is 0 Å². The van der Waals surface area contributed by atoms with E-state index in [9.17, 15) is 4.79 Å². The lowest BCUT2D eigenvalue weighted by Crippen LogP contribution is -2.58. The summed E-state index contributed by atoms with van der Waals surface area (Å²) in [5.41, 5.74) is 5.53. The first-order valence-electron chi connectivity index (χ1n) is 6.43. The average Bonchev–Trinajstić information content (AvgIpc) is 2.82. The summed E-state index contributed by atoms with van der Waals surface area (Å²) in [6, 6.07) is 0.119. The van der Waals surface area contributed by atoms with Crippen LogP contribution in [0.3, 0.4) is 0 Å². The van der Waals surface area contributed by atoms with Gasteiger partial charge in [0.1, 0.15) is 0 Å². The van der Waals surface area contributed by atoms with Crippen molar-refractivity contribution in [1.29, 1.82) is 0 Å². The van der Waals surface area contributed by atoms with Crippen LogP contribution in [-0.4, -0.2) is 48.8 Å². The lowest BCUT2D eigenvalue weighted by Gasteiger charge is -2.39. The summed E-state index contributed by atoms with van der Waals surface area (Å²) in [6.07, 6.45) is 1.75. The molecule has 0 aromatic rings. The van der Waals surface area contributed by atoms with E-state index in [0.29, 0.717) is 19.7 Å². The van der Waals surface area contributed by atoms with Crippen molar-refractivity contribution in [3.63, 3.8) is 0 Å². The third kappa shape index (κ3) is 3.33. The zero-order chi connectivity index (χ0) is 12.9. The Kier molecular flexibility index (Phi) is 5.21. The van der Waals surface area contributed by atoms with Crippen molar-refractivity contribution in [3.8, 4) is 0 Å². The fraction of sp³-hybridized carbons (Fsp3) is 0.917. The number of amides is 2. The zero-order valence-electron chi connectivity index (χ0n) is 11.2. The predicted octanol–water partition coefficient (Wildman–Crippen LogP) is 0.934. The fourth-order valence-corrected chi connectivity index (χ4v) is 2.12. The van der Waals surface area contributed by atoms with Crippen molar-refractivity contribution >= 4 is 6.03 Å². The van der Waals surface area contributed by atoms with E-state index in [4.69, 9.17) is 10.5 Å². The lowest BCUT2D eigenvalue weighted by atomic mass is 9.97. The van der Waals surface area contributed by atoms with E-state index in [1.165, 1.54) is 0 Å². The molecule has 2 amide bonds. The SMILES string of the molecule is CCN(C(=O)NC1CCOC1)C(C)(CC)CN. The van der Waals surface area contributed by atoms with Crippen molar-refractivity contribution < 1.29 is 9.53 Å². The number of nitrogens with one attached hydrogen (secondary N) is 1. The molecule has 0 bridgehead atoms. The number of urea groups is 1. The molecule has 0 aromatic heterocycles. The van der Waals surface area contributed by atoms with Gasteiger partial charge >= 0.3 is 6.03 Å². The highest BCUT2D eigenvalue weighted by molar-refractivity contribution is 5.75. The number of ether oxygens (including phenoxy) is 1. The molecule has 1 saturated heterocycles. The number of likely N-dealkylation sites (N-methyl/N-ethyl adjacent to an activating group) is 1. The monoisotopic (exact) mass is 243 g/mol. The minimum absolute atomic E-state index is 0.0298. The lowest BCUT2D eigenvalue weighted by molar-refractivity contribution is 0.124. The van der Waals surface area contributed by atoms with E-state index in [1.807, 2.05) is 18.7 Å². The van der Waals surface area contributed by atoms with Crippen LogP contribution >= 0.6 is 0 Å². The maximum Gasteiger partial charge on any atom is 0.318 e. The first kappa shape index (κ1) is 14.3. The Hall–Kier alpha value is -0.810. The molecule has 0 spiro atoms. The maximum absolute atomic E-state index is 12.2. The molecular weight excluding hydrogens is 218 g/mol. The summed E-state index contributed by atoms with van der Waals surface area (Å²) in [6.45, 7) is 8.57. The molecular formula is C12H25N3O2. The van der Waals surface area contributed by atoms with Gasteiger partial charge in [0.2, 0.25) is 0 Å². The van der Waals surface area contributed by atoms with Crippen LogP contribution in [0.1, 0.15) is 33.6 Å². The van der Waals surface area contributed by atoms with Gasteiger partial charge in [-0.2, -0.15) is 0 Å². The summed E-state index contributed by atoms with van der Waals surface area (Å²) in [5.74, 6) is 0. The molecule has 1 aliphatic rings. The Balaban J connectivity index is 2.62. The highest BCUT2D eigenvalue weighted by Crippen LogP contribution is 2.18.